The van der Waals surface area contributed by atoms with Gasteiger partial charge < -0.3 is 33.8 Å². The lowest BCUT2D eigenvalue weighted by Gasteiger charge is -2.13. The summed E-state index contributed by atoms with van der Waals surface area (Å²) in [6.07, 6.45) is 2.18. The fraction of sp³-hybridized carbons (Fsp3) is 0.143. The molecule has 5 aromatic carbocycles. The Labute approximate surface area is 309 Å². The Morgan fingerprint density at radius 1 is 0.759 bits per heavy atom. The number of fused-ring (bicyclic) bond motifs is 1. The van der Waals surface area contributed by atoms with Gasteiger partial charge in [0.05, 0.1) is 49.2 Å². The molecule has 0 spiro atoms. The third kappa shape index (κ3) is 9.45. The lowest BCUT2D eigenvalue weighted by molar-refractivity contribution is -0.137. The van der Waals surface area contributed by atoms with Gasteiger partial charge >= 0.3 is 17.9 Å². The minimum Gasteiger partial charge on any atom is -0.494 e. The Hall–Kier alpha value is -7.00. The minimum absolute atomic E-state index is 0.00388. The lowest BCUT2D eigenvalue weighted by atomic mass is 10.1. The van der Waals surface area contributed by atoms with Crippen LogP contribution in [0.5, 0.6) is 28.7 Å². The highest BCUT2D eigenvalue weighted by atomic mass is 19.1. The standard InChI is InChI=1S/C42H33F2NO9/c1-4-39(46)52-20-6-19-51-32-16-12-27-21-29(11-10-28(27)22-32)41(47)53-36-18-13-30(23-38(36)49-3)42(48)54-37-24-35(43)33(40(44)34(37)25-45)17-9-26-7-14-31(15-8-26)50-5-2/h4,7-8,10-16,18,21-25,45H,1,5-6,19-20H2,2-3H3. The first-order chi connectivity index (χ1) is 26.1. The van der Waals surface area contributed by atoms with Crippen LogP contribution in [-0.4, -0.2) is 51.1 Å². The summed E-state index contributed by atoms with van der Waals surface area (Å²) in [5.41, 5.74) is -0.464. The van der Waals surface area contributed by atoms with E-state index >= 15 is 8.78 Å². The van der Waals surface area contributed by atoms with E-state index in [4.69, 9.17) is 33.8 Å². The van der Waals surface area contributed by atoms with E-state index in [-0.39, 0.29) is 29.2 Å². The van der Waals surface area contributed by atoms with Crippen molar-refractivity contribution in [3.63, 3.8) is 0 Å². The van der Waals surface area contributed by atoms with E-state index in [1.54, 1.807) is 54.6 Å². The van der Waals surface area contributed by atoms with Gasteiger partial charge in [0.25, 0.3) is 0 Å². The van der Waals surface area contributed by atoms with Gasteiger partial charge in [0.1, 0.15) is 23.1 Å². The van der Waals surface area contributed by atoms with Crippen molar-refractivity contribution in [1.82, 2.24) is 0 Å². The highest BCUT2D eigenvalue weighted by molar-refractivity contribution is 5.97. The third-order valence-electron chi connectivity index (χ3n) is 7.68. The molecule has 0 aliphatic rings. The van der Waals surface area contributed by atoms with E-state index in [0.717, 1.165) is 22.9 Å². The average Bonchev–Trinajstić information content (AvgIpc) is 3.18. The maximum absolute atomic E-state index is 15.4. The van der Waals surface area contributed by atoms with Gasteiger partial charge in [-0.3, -0.25) is 0 Å². The maximum Gasteiger partial charge on any atom is 0.343 e. The maximum atomic E-state index is 15.4. The first-order valence-electron chi connectivity index (χ1n) is 16.5. The van der Waals surface area contributed by atoms with Crippen LogP contribution in [0.25, 0.3) is 10.8 Å². The number of nitrogens with one attached hydrogen (secondary N) is 1. The second-order valence-corrected chi connectivity index (χ2v) is 11.3. The molecule has 0 aromatic heterocycles. The number of esters is 3. The molecule has 0 aliphatic heterocycles. The molecule has 54 heavy (non-hydrogen) atoms. The summed E-state index contributed by atoms with van der Waals surface area (Å²) < 4.78 is 62.7. The monoisotopic (exact) mass is 733 g/mol. The van der Waals surface area contributed by atoms with Crippen molar-refractivity contribution in [1.29, 1.82) is 5.41 Å². The van der Waals surface area contributed by atoms with Crippen molar-refractivity contribution in [3.8, 4) is 40.6 Å². The van der Waals surface area contributed by atoms with Crippen LogP contribution < -0.4 is 23.7 Å². The van der Waals surface area contributed by atoms with Crippen LogP contribution in [0.3, 0.4) is 0 Å². The number of hydrogen-bond acceptors (Lipinski definition) is 10. The number of carbonyl (C=O) groups is 3. The van der Waals surface area contributed by atoms with Gasteiger partial charge in [-0.05, 0) is 84.4 Å². The Morgan fingerprint density at radius 3 is 2.13 bits per heavy atom. The molecule has 0 unspecified atom stereocenters. The van der Waals surface area contributed by atoms with Gasteiger partial charge in [-0.25, -0.2) is 23.2 Å². The van der Waals surface area contributed by atoms with Crippen LogP contribution >= 0.6 is 0 Å². The quantitative estimate of drug-likeness (QED) is 0.0303. The first kappa shape index (κ1) is 38.2. The summed E-state index contributed by atoms with van der Waals surface area (Å²) in [5, 5.41) is 9.25. The number of rotatable bonds is 14. The van der Waals surface area contributed by atoms with Gasteiger partial charge in [0.15, 0.2) is 17.3 Å². The lowest BCUT2D eigenvalue weighted by Crippen LogP contribution is -2.13. The molecule has 0 fully saturated rings. The molecule has 0 heterocycles. The molecule has 0 saturated heterocycles. The van der Waals surface area contributed by atoms with Crippen LogP contribution in [0.15, 0.2) is 97.6 Å². The molecule has 0 atom stereocenters. The highest BCUT2D eigenvalue weighted by Crippen LogP contribution is 2.32. The van der Waals surface area contributed by atoms with Crippen LogP contribution in [0.2, 0.25) is 0 Å². The smallest absolute Gasteiger partial charge is 0.343 e. The van der Waals surface area contributed by atoms with E-state index in [1.807, 2.05) is 13.0 Å². The number of hydrogen-bond donors (Lipinski definition) is 1. The van der Waals surface area contributed by atoms with Crippen molar-refractivity contribution in [2.24, 2.45) is 0 Å². The summed E-state index contributed by atoms with van der Waals surface area (Å²) in [6, 6.07) is 21.5. The molecule has 12 heteroatoms. The largest absolute Gasteiger partial charge is 0.494 e. The van der Waals surface area contributed by atoms with Crippen LogP contribution in [0.4, 0.5) is 8.78 Å². The SMILES string of the molecule is C=CC(=O)OCCCOc1ccc2cc(C(=O)Oc3ccc(C(=O)Oc4cc(F)c(C#Cc5ccc(OCC)cc5)c(F)c4C=N)cc3OC)ccc2c1. The summed E-state index contributed by atoms with van der Waals surface area (Å²) in [7, 11) is 1.30. The minimum atomic E-state index is -1.17. The topological polar surface area (TPSA) is 130 Å². The molecule has 0 saturated carbocycles. The second-order valence-electron chi connectivity index (χ2n) is 11.3. The first-order valence-corrected chi connectivity index (χ1v) is 16.5. The van der Waals surface area contributed by atoms with E-state index in [2.05, 4.69) is 18.4 Å². The highest BCUT2D eigenvalue weighted by Gasteiger charge is 2.22. The van der Waals surface area contributed by atoms with Crippen LogP contribution in [-0.2, 0) is 9.53 Å². The van der Waals surface area contributed by atoms with Gasteiger partial charge in [0, 0.05) is 30.3 Å². The zero-order valence-corrected chi connectivity index (χ0v) is 29.2. The fourth-order valence-corrected chi connectivity index (χ4v) is 5.00. The van der Waals surface area contributed by atoms with Gasteiger partial charge in [-0.1, -0.05) is 30.6 Å². The number of ether oxygens (including phenoxy) is 6. The predicted molar refractivity (Wildman–Crippen MR) is 196 cm³/mol. The van der Waals surface area contributed by atoms with Crippen molar-refractivity contribution in [3.05, 3.63) is 137 Å². The molecule has 0 radical (unpaired) electrons. The summed E-state index contributed by atoms with van der Waals surface area (Å²) in [5.74, 6) is 1.33. The molecule has 5 rings (SSSR count). The van der Waals surface area contributed by atoms with E-state index in [9.17, 15) is 14.4 Å². The Balaban J connectivity index is 1.25. The van der Waals surface area contributed by atoms with Crippen molar-refractivity contribution in [2.45, 2.75) is 13.3 Å². The number of halogens is 2. The molecular weight excluding hydrogens is 700 g/mol. The molecular formula is C42H33F2NO9. The van der Waals surface area contributed by atoms with E-state index in [1.165, 1.54) is 25.3 Å². The summed E-state index contributed by atoms with van der Waals surface area (Å²) >= 11 is 0. The molecule has 10 nitrogen and oxygen atoms in total. The number of benzene rings is 5. The molecule has 0 bridgehead atoms. The zero-order chi connectivity index (χ0) is 38.6. The Morgan fingerprint density at radius 2 is 1.43 bits per heavy atom. The van der Waals surface area contributed by atoms with Crippen LogP contribution in [0, 0.1) is 28.9 Å². The van der Waals surface area contributed by atoms with Crippen molar-refractivity contribution >= 4 is 34.9 Å². The zero-order valence-electron chi connectivity index (χ0n) is 29.2. The van der Waals surface area contributed by atoms with Crippen molar-refractivity contribution < 1.29 is 51.6 Å². The Bertz CT molecular complexity index is 2290. The van der Waals surface area contributed by atoms with Gasteiger partial charge in [0.2, 0.25) is 0 Å². The molecule has 1 N–H and O–H groups in total. The predicted octanol–water partition coefficient (Wildman–Crippen LogP) is 7.86. The fourth-order valence-electron chi connectivity index (χ4n) is 5.00. The Kier molecular flexibility index (Phi) is 12.7. The second kappa shape index (κ2) is 18.0. The van der Waals surface area contributed by atoms with Gasteiger partial charge in [-0.2, -0.15) is 0 Å². The number of carbonyl (C=O) groups excluding carboxylic acids is 3. The normalized spacial score (nSPS) is 10.4. The van der Waals surface area contributed by atoms with Gasteiger partial charge in [-0.15, -0.1) is 0 Å². The molecule has 0 aliphatic carbocycles. The third-order valence-corrected chi connectivity index (χ3v) is 7.68. The summed E-state index contributed by atoms with van der Waals surface area (Å²) in [4.78, 5) is 37.3. The number of methoxy groups -OCH3 is 1. The van der Waals surface area contributed by atoms with Crippen molar-refractivity contribution in [2.75, 3.05) is 26.9 Å². The average molecular weight is 734 g/mol. The molecule has 274 valence electrons. The summed E-state index contributed by atoms with van der Waals surface area (Å²) in [6.45, 7) is 6.20. The molecule has 5 aromatic rings. The van der Waals surface area contributed by atoms with Crippen LogP contribution in [0.1, 0.15) is 50.8 Å². The molecule has 0 amide bonds. The van der Waals surface area contributed by atoms with E-state index < -0.39 is 46.4 Å². The van der Waals surface area contributed by atoms with E-state index in [0.29, 0.717) is 42.9 Å².